The van der Waals surface area contributed by atoms with E-state index in [0.717, 1.165) is 50.7 Å². The molecule has 1 saturated carbocycles. The van der Waals surface area contributed by atoms with E-state index in [9.17, 15) is 4.79 Å². The highest BCUT2D eigenvalue weighted by Gasteiger charge is 2.57. The van der Waals surface area contributed by atoms with E-state index in [2.05, 4.69) is 54.1 Å². The number of pyridine rings is 1. The number of hydrogen-bond donors (Lipinski definition) is 2. The van der Waals surface area contributed by atoms with E-state index in [1.807, 2.05) is 0 Å². The van der Waals surface area contributed by atoms with Crippen LogP contribution >= 0.6 is 0 Å². The first-order chi connectivity index (χ1) is 13.5. The molecule has 2 aromatic rings. The van der Waals surface area contributed by atoms with Gasteiger partial charge in [0.2, 0.25) is 5.91 Å². The van der Waals surface area contributed by atoms with Crippen LogP contribution in [0.3, 0.4) is 0 Å². The lowest BCUT2D eigenvalue weighted by Gasteiger charge is -2.26. The van der Waals surface area contributed by atoms with Crippen LogP contribution in [-0.2, 0) is 15.1 Å². The molecule has 28 heavy (non-hydrogen) atoms. The summed E-state index contributed by atoms with van der Waals surface area (Å²) in [6.07, 6.45) is 4.09. The van der Waals surface area contributed by atoms with Gasteiger partial charge >= 0.3 is 0 Å². The Labute approximate surface area is 166 Å². The first kappa shape index (κ1) is 18.1. The first-order valence-corrected chi connectivity index (χ1v) is 10.6. The van der Waals surface area contributed by atoms with Crippen molar-refractivity contribution in [1.82, 2.24) is 20.0 Å². The average Bonchev–Trinajstić information content (AvgIpc) is 3.02. The third-order valence-electron chi connectivity index (χ3n) is 6.89. The van der Waals surface area contributed by atoms with Crippen molar-refractivity contribution in [2.75, 3.05) is 26.3 Å². The Kier molecular flexibility index (Phi) is 4.25. The normalized spacial score (nSPS) is 27.8. The number of carbonyl (C=O) groups excluding carboxylic acids is 1. The van der Waals surface area contributed by atoms with E-state index in [0.29, 0.717) is 17.8 Å². The third kappa shape index (κ3) is 2.85. The van der Waals surface area contributed by atoms with Crippen molar-refractivity contribution >= 4 is 11.4 Å². The summed E-state index contributed by atoms with van der Waals surface area (Å²) in [7, 11) is 0. The number of ether oxygens (including phenoxy) is 1. The molecule has 6 heteroatoms. The van der Waals surface area contributed by atoms with E-state index < -0.39 is 5.54 Å². The molecule has 1 aliphatic carbocycles. The molecule has 2 aromatic heterocycles. The Morgan fingerprint density at radius 3 is 2.71 bits per heavy atom. The summed E-state index contributed by atoms with van der Waals surface area (Å²) in [5, 5.41) is 6.68. The van der Waals surface area contributed by atoms with Gasteiger partial charge in [-0.3, -0.25) is 4.79 Å². The van der Waals surface area contributed by atoms with Gasteiger partial charge in [0.15, 0.2) is 0 Å². The summed E-state index contributed by atoms with van der Waals surface area (Å²) < 4.78 is 7.75. The number of nitrogens with one attached hydrogen (secondary N) is 2. The highest BCUT2D eigenvalue weighted by atomic mass is 16.5. The van der Waals surface area contributed by atoms with Crippen molar-refractivity contribution in [1.29, 1.82) is 0 Å². The minimum atomic E-state index is -0.526. The minimum absolute atomic E-state index is 0.170. The smallest absolute Gasteiger partial charge is 0.224 e. The number of aromatic nitrogens is 2. The molecule has 2 saturated heterocycles. The predicted octanol–water partition coefficient (Wildman–Crippen LogP) is 2.35. The van der Waals surface area contributed by atoms with Crippen LogP contribution < -0.4 is 10.6 Å². The van der Waals surface area contributed by atoms with Gasteiger partial charge in [0.1, 0.15) is 5.82 Å². The molecule has 150 valence electrons. The summed E-state index contributed by atoms with van der Waals surface area (Å²) in [5.74, 6) is 2.73. The molecular formula is C22H30N4O2. The van der Waals surface area contributed by atoms with Crippen LogP contribution in [0.1, 0.15) is 49.7 Å². The standard InChI is InChI=1S/C22H30N4O2/c1-13-5-4-8-26-19(13)18(14-6-9-28-10-7-14)24-21(26)22(2,3)25-20(27)17-15-11-23-12-16(15)17/h4-5,8,14-17,23H,6-7,9-12H2,1-3H3,(H,25,27)/t15-,16+,17?. The lowest BCUT2D eigenvalue weighted by molar-refractivity contribution is -0.124. The summed E-state index contributed by atoms with van der Waals surface area (Å²) in [6, 6.07) is 4.21. The number of amides is 1. The maximum Gasteiger partial charge on any atom is 0.224 e. The molecule has 4 heterocycles. The number of fused-ring (bicyclic) bond motifs is 2. The fourth-order valence-corrected chi connectivity index (χ4v) is 5.29. The number of hydrogen-bond acceptors (Lipinski definition) is 4. The highest BCUT2D eigenvalue weighted by Crippen LogP contribution is 2.49. The Morgan fingerprint density at radius 2 is 2.00 bits per heavy atom. The van der Waals surface area contributed by atoms with Crippen molar-refractivity contribution < 1.29 is 9.53 Å². The fourth-order valence-electron chi connectivity index (χ4n) is 5.29. The Morgan fingerprint density at radius 1 is 1.29 bits per heavy atom. The van der Waals surface area contributed by atoms with E-state index in [4.69, 9.17) is 9.72 Å². The molecule has 1 amide bonds. The zero-order valence-corrected chi connectivity index (χ0v) is 17.0. The van der Waals surface area contributed by atoms with Gasteiger partial charge < -0.3 is 19.8 Å². The predicted molar refractivity (Wildman–Crippen MR) is 107 cm³/mol. The second kappa shape index (κ2) is 6.56. The molecule has 3 atom stereocenters. The monoisotopic (exact) mass is 382 g/mol. The molecule has 1 unspecified atom stereocenters. The summed E-state index contributed by atoms with van der Waals surface area (Å²) in [4.78, 5) is 18.1. The quantitative estimate of drug-likeness (QED) is 0.852. The van der Waals surface area contributed by atoms with Gasteiger partial charge in [0.25, 0.3) is 0 Å². The van der Waals surface area contributed by atoms with Crippen LogP contribution in [0.25, 0.3) is 5.52 Å². The second-order valence-corrected chi connectivity index (χ2v) is 9.24. The maximum atomic E-state index is 12.9. The van der Waals surface area contributed by atoms with Gasteiger partial charge in [-0.2, -0.15) is 0 Å². The summed E-state index contributed by atoms with van der Waals surface area (Å²) in [5.41, 5.74) is 3.06. The van der Waals surface area contributed by atoms with Crippen LogP contribution in [-0.4, -0.2) is 41.6 Å². The lowest BCUT2D eigenvalue weighted by Crippen LogP contribution is -2.44. The van der Waals surface area contributed by atoms with Crippen LogP contribution in [0.15, 0.2) is 18.3 Å². The molecule has 2 aliphatic heterocycles. The van der Waals surface area contributed by atoms with Gasteiger partial charge in [0.05, 0.1) is 16.7 Å². The van der Waals surface area contributed by atoms with Gasteiger partial charge in [-0.05, 0) is 70.2 Å². The molecule has 6 nitrogen and oxygen atoms in total. The molecule has 3 fully saturated rings. The molecule has 3 aliphatic rings. The number of imidazole rings is 1. The van der Waals surface area contributed by atoms with E-state index in [1.54, 1.807) is 0 Å². The highest BCUT2D eigenvalue weighted by molar-refractivity contribution is 5.83. The SMILES string of the molecule is Cc1cccn2c(C(C)(C)NC(=O)C3[C@H]4CNC[C@@H]34)nc(C3CCOCC3)c12. The number of aryl methyl sites for hydroxylation is 1. The molecule has 5 rings (SSSR count). The molecule has 0 radical (unpaired) electrons. The minimum Gasteiger partial charge on any atom is -0.381 e. The molecular weight excluding hydrogens is 352 g/mol. The van der Waals surface area contributed by atoms with Crippen LogP contribution in [0.5, 0.6) is 0 Å². The number of rotatable bonds is 4. The molecule has 0 aromatic carbocycles. The van der Waals surface area contributed by atoms with Gasteiger partial charge in [-0.15, -0.1) is 0 Å². The van der Waals surface area contributed by atoms with Crippen molar-refractivity contribution in [2.24, 2.45) is 17.8 Å². The Hall–Kier alpha value is -1.92. The lowest BCUT2D eigenvalue weighted by atomic mass is 9.95. The van der Waals surface area contributed by atoms with Crippen LogP contribution in [0.4, 0.5) is 0 Å². The van der Waals surface area contributed by atoms with Crippen molar-refractivity contribution in [3.8, 4) is 0 Å². The van der Waals surface area contributed by atoms with Gasteiger partial charge in [-0.1, -0.05) is 6.07 Å². The van der Waals surface area contributed by atoms with Crippen LogP contribution in [0.2, 0.25) is 0 Å². The third-order valence-corrected chi connectivity index (χ3v) is 6.89. The molecule has 2 N–H and O–H groups in total. The summed E-state index contributed by atoms with van der Waals surface area (Å²) >= 11 is 0. The van der Waals surface area contributed by atoms with Crippen molar-refractivity contribution in [3.05, 3.63) is 35.4 Å². The van der Waals surface area contributed by atoms with E-state index in [-0.39, 0.29) is 11.8 Å². The zero-order valence-electron chi connectivity index (χ0n) is 17.0. The largest absolute Gasteiger partial charge is 0.381 e. The Bertz CT molecular complexity index is 903. The fraction of sp³-hybridized carbons (Fsp3) is 0.636. The number of nitrogens with zero attached hydrogens (tertiary/aromatic N) is 2. The van der Waals surface area contributed by atoms with Crippen molar-refractivity contribution in [3.63, 3.8) is 0 Å². The average molecular weight is 383 g/mol. The van der Waals surface area contributed by atoms with Gasteiger partial charge in [0, 0.05) is 31.2 Å². The summed E-state index contributed by atoms with van der Waals surface area (Å²) in [6.45, 7) is 9.84. The topological polar surface area (TPSA) is 67.7 Å². The van der Waals surface area contributed by atoms with E-state index in [1.165, 1.54) is 11.1 Å². The van der Waals surface area contributed by atoms with E-state index >= 15 is 0 Å². The maximum absolute atomic E-state index is 12.9. The van der Waals surface area contributed by atoms with Crippen LogP contribution in [0, 0.1) is 24.7 Å². The molecule has 0 spiro atoms. The van der Waals surface area contributed by atoms with Crippen molar-refractivity contribution in [2.45, 2.75) is 45.1 Å². The zero-order chi connectivity index (χ0) is 19.5. The first-order valence-electron chi connectivity index (χ1n) is 10.6. The number of piperidine rings is 1. The van der Waals surface area contributed by atoms with Gasteiger partial charge in [-0.25, -0.2) is 4.98 Å². The second-order valence-electron chi connectivity index (χ2n) is 9.24. The Balaban J connectivity index is 1.49. The molecule has 0 bridgehead atoms. The number of carbonyl (C=O) groups is 1.